The van der Waals surface area contributed by atoms with Gasteiger partial charge in [-0.05, 0) is 39.3 Å². The zero-order chi connectivity index (χ0) is 14.0. The van der Waals surface area contributed by atoms with Gasteiger partial charge in [-0.1, -0.05) is 5.11 Å². The van der Waals surface area contributed by atoms with Gasteiger partial charge in [0.25, 0.3) is 0 Å². The smallest absolute Gasteiger partial charge is 0.163 e. The van der Waals surface area contributed by atoms with Crippen LogP contribution in [0.3, 0.4) is 0 Å². The molecule has 0 aromatic rings. The number of hydrogen-bond donors (Lipinski definition) is 0. The second-order valence-electron chi connectivity index (χ2n) is 5.52. The molecule has 2 heterocycles. The molecule has 0 aromatic carbocycles. The first-order valence-electron chi connectivity index (χ1n) is 6.46. The molecule has 0 amide bonds. The Bertz CT molecular complexity index is 426. The summed E-state index contributed by atoms with van der Waals surface area (Å²) in [6, 6.07) is 1.86. The lowest BCUT2D eigenvalue weighted by molar-refractivity contribution is -0.142. The topological polar surface area (TPSA) is 94.3 Å². The first-order valence-corrected chi connectivity index (χ1v) is 6.46. The molecule has 0 saturated carbocycles. The van der Waals surface area contributed by atoms with Crippen LogP contribution >= 0.6 is 0 Å². The molecule has 2 aliphatic rings. The van der Waals surface area contributed by atoms with Crippen LogP contribution in [0.15, 0.2) is 5.11 Å². The van der Waals surface area contributed by atoms with Crippen LogP contribution in [0.2, 0.25) is 0 Å². The maximum Gasteiger partial charge on any atom is 0.163 e. The van der Waals surface area contributed by atoms with E-state index in [-0.39, 0.29) is 24.2 Å². The Morgan fingerprint density at radius 3 is 2.74 bits per heavy atom. The van der Waals surface area contributed by atoms with Crippen molar-refractivity contribution in [3.05, 3.63) is 10.4 Å². The average molecular weight is 265 g/mol. The summed E-state index contributed by atoms with van der Waals surface area (Å²) in [5.74, 6) is -0.639. The van der Waals surface area contributed by atoms with Crippen molar-refractivity contribution >= 4 is 0 Å². The van der Waals surface area contributed by atoms with E-state index in [0.29, 0.717) is 6.61 Å². The van der Waals surface area contributed by atoms with Crippen LogP contribution < -0.4 is 0 Å². The predicted molar refractivity (Wildman–Crippen MR) is 68.0 cm³/mol. The first-order chi connectivity index (χ1) is 8.98. The number of nitriles is 1. The van der Waals surface area contributed by atoms with Crippen molar-refractivity contribution in [2.45, 2.75) is 56.7 Å². The van der Waals surface area contributed by atoms with E-state index in [9.17, 15) is 0 Å². The molecule has 0 N–H and O–H groups in total. The van der Waals surface area contributed by atoms with E-state index < -0.39 is 5.79 Å². The van der Waals surface area contributed by atoms with Gasteiger partial charge in [-0.25, -0.2) is 0 Å². The van der Waals surface area contributed by atoms with Crippen molar-refractivity contribution in [2.24, 2.45) is 5.11 Å². The molecule has 2 fully saturated rings. The van der Waals surface area contributed by atoms with Gasteiger partial charge in [-0.3, -0.25) is 4.90 Å². The molecule has 19 heavy (non-hydrogen) atoms. The van der Waals surface area contributed by atoms with Crippen molar-refractivity contribution in [2.75, 3.05) is 13.7 Å². The summed E-state index contributed by atoms with van der Waals surface area (Å²) >= 11 is 0. The minimum Gasteiger partial charge on any atom is -0.348 e. The summed E-state index contributed by atoms with van der Waals surface area (Å²) < 4.78 is 11.3. The normalized spacial score (nSPS) is 35.6. The lowest BCUT2D eigenvalue weighted by Crippen LogP contribution is -2.45. The van der Waals surface area contributed by atoms with Gasteiger partial charge in [-0.2, -0.15) is 5.26 Å². The minimum absolute atomic E-state index is 0.0306. The molecule has 104 valence electrons. The second-order valence-corrected chi connectivity index (χ2v) is 5.52. The molecule has 7 nitrogen and oxygen atoms in total. The van der Waals surface area contributed by atoms with Crippen LogP contribution in [0.5, 0.6) is 0 Å². The van der Waals surface area contributed by atoms with Gasteiger partial charge in [0.1, 0.15) is 0 Å². The van der Waals surface area contributed by atoms with Gasteiger partial charge in [0.2, 0.25) is 0 Å². The van der Waals surface area contributed by atoms with Gasteiger partial charge in [0.15, 0.2) is 5.79 Å². The highest BCUT2D eigenvalue weighted by Gasteiger charge is 2.44. The maximum atomic E-state index is 9.06. The van der Waals surface area contributed by atoms with Crippen LogP contribution in [-0.2, 0) is 9.47 Å². The van der Waals surface area contributed by atoms with E-state index in [1.54, 1.807) is 0 Å². The third kappa shape index (κ3) is 2.82. The third-order valence-electron chi connectivity index (χ3n) is 3.89. The fourth-order valence-electron chi connectivity index (χ4n) is 2.88. The molecule has 2 saturated heterocycles. The van der Waals surface area contributed by atoms with Crippen LogP contribution in [0.25, 0.3) is 10.4 Å². The number of likely N-dealkylation sites (N-methyl/N-ethyl adjacent to an activating group) is 1. The van der Waals surface area contributed by atoms with Crippen LogP contribution in [0, 0.1) is 11.3 Å². The molecule has 2 aliphatic heterocycles. The fraction of sp³-hybridized carbons (Fsp3) is 0.917. The lowest BCUT2D eigenvalue weighted by Gasteiger charge is -2.30. The van der Waals surface area contributed by atoms with E-state index >= 15 is 0 Å². The molecule has 2 rings (SSSR count). The Labute approximate surface area is 112 Å². The molecular formula is C12H19N5O2. The quantitative estimate of drug-likeness (QED) is 0.441. The highest BCUT2D eigenvalue weighted by molar-refractivity contribution is 5.04. The van der Waals surface area contributed by atoms with E-state index in [0.717, 1.165) is 12.8 Å². The molecule has 0 aromatic heterocycles. The molecule has 4 unspecified atom stereocenters. The van der Waals surface area contributed by atoms with E-state index in [4.69, 9.17) is 20.3 Å². The summed E-state index contributed by atoms with van der Waals surface area (Å²) in [4.78, 5) is 4.92. The van der Waals surface area contributed by atoms with Gasteiger partial charge in [-0.15, -0.1) is 0 Å². The Balaban J connectivity index is 2.14. The predicted octanol–water partition coefficient (Wildman–Crippen LogP) is 1.80. The Morgan fingerprint density at radius 1 is 1.53 bits per heavy atom. The zero-order valence-electron chi connectivity index (χ0n) is 11.5. The number of hydrogen-bond acceptors (Lipinski definition) is 5. The molecule has 4 atom stereocenters. The van der Waals surface area contributed by atoms with Crippen LogP contribution in [-0.4, -0.2) is 48.6 Å². The largest absolute Gasteiger partial charge is 0.348 e. The number of ether oxygens (including phenoxy) is 2. The van der Waals surface area contributed by atoms with E-state index in [1.165, 1.54) is 0 Å². The number of likely N-dealkylation sites (tertiary alicyclic amines) is 1. The zero-order valence-corrected chi connectivity index (χ0v) is 11.5. The summed E-state index contributed by atoms with van der Waals surface area (Å²) in [6.07, 6.45) is 1.38. The van der Waals surface area contributed by atoms with E-state index in [2.05, 4.69) is 16.1 Å². The van der Waals surface area contributed by atoms with Crippen molar-refractivity contribution in [1.29, 1.82) is 5.26 Å². The standard InChI is InChI=1S/C12H19N5O2/c1-12(2)18-7-10(19-12)11(15-16-14)9-5-4-8(6-13)17(9)3/h8-11H,4-5,7H2,1-3H3. The highest BCUT2D eigenvalue weighted by Crippen LogP contribution is 2.32. The lowest BCUT2D eigenvalue weighted by atomic mass is 10.0. The van der Waals surface area contributed by atoms with Gasteiger partial charge in [0, 0.05) is 11.0 Å². The molecule has 0 aliphatic carbocycles. The number of rotatable bonds is 3. The van der Waals surface area contributed by atoms with Gasteiger partial charge < -0.3 is 9.47 Å². The molecule has 0 spiro atoms. The maximum absolute atomic E-state index is 9.06. The molecule has 0 radical (unpaired) electrons. The van der Waals surface area contributed by atoms with Crippen LogP contribution in [0.4, 0.5) is 0 Å². The van der Waals surface area contributed by atoms with E-state index in [1.807, 2.05) is 25.8 Å². The van der Waals surface area contributed by atoms with Crippen LogP contribution in [0.1, 0.15) is 26.7 Å². The monoisotopic (exact) mass is 265 g/mol. The number of azide groups is 1. The Hall–Kier alpha value is -1.32. The average Bonchev–Trinajstić information content (AvgIpc) is 2.89. The van der Waals surface area contributed by atoms with Crippen molar-refractivity contribution in [3.8, 4) is 6.07 Å². The summed E-state index contributed by atoms with van der Waals surface area (Å²) in [5, 5.41) is 13.0. The third-order valence-corrected chi connectivity index (χ3v) is 3.89. The SMILES string of the molecule is CN1C(C#N)CCC1C(N=[N+]=[N-])C1COC(C)(C)O1. The molecule has 7 heteroatoms. The highest BCUT2D eigenvalue weighted by atomic mass is 16.7. The van der Waals surface area contributed by atoms with Gasteiger partial charge in [0.05, 0.1) is 30.9 Å². The van der Waals surface area contributed by atoms with Gasteiger partial charge >= 0.3 is 0 Å². The fourth-order valence-corrected chi connectivity index (χ4v) is 2.88. The molecular weight excluding hydrogens is 246 g/mol. The van der Waals surface area contributed by atoms with Crippen molar-refractivity contribution in [3.63, 3.8) is 0 Å². The number of nitrogens with zero attached hydrogens (tertiary/aromatic N) is 5. The first kappa shape index (κ1) is 14.1. The second kappa shape index (κ2) is 5.35. The van der Waals surface area contributed by atoms with Crippen molar-refractivity contribution < 1.29 is 9.47 Å². The van der Waals surface area contributed by atoms with Crippen molar-refractivity contribution in [1.82, 2.24) is 4.90 Å². The minimum atomic E-state index is -0.639. The Morgan fingerprint density at radius 2 is 2.26 bits per heavy atom. The Kier molecular flexibility index (Phi) is 3.97. The molecule has 0 bridgehead atoms. The summed E-state index contributed by atoms with van der Waals surface area (Å²) in [7, 11) is 1.90. The summed E-state index contributed by atoms with van der Waals surface area (Å²) in [6.45, 7) is 4.10. The summed E-state index contributed by atoms with van der Waals surface area (Å²) in [5.41, 5.74) is 8.78.